The molecule has 2 aromatic rings. The maximum Gasteiger partial charge on any atom is 0.223 e. The first-order chi connectivity index (χ1) is 13.6. The molecule has 2 fully saturated rings. The van der Waals surface area contributed by atoms with Crippen LogP contribution in [0.3, 0.4) is 0 Å². The molecule has 5 nitrogen and oxygen atoms in total. The van der Waals surface area contributed by atoms with Crippen LogP contribution in [0.1, 0.15) is 47.3 Å². The monoisotopic (exact) mass is 378 g/mol. The average molecular weight is 379 g/mol. The van der Waals surface area contributed by atoms with Gasteiger partial charge in [-0.3, -0.25) is 4.90 Å². The highest BCUT2D eigenvalue weighted by Crippen LogP contribution is 2.41. The number of fused-ring (bicyclic) bond motifs is 2. The number of anilines is 1. The molecule has 0 unspecified atom stereocenters. The fourth-order valence-electron chi connectivity index (χ4n) is 4.69. The number of rotatable bonds is 5. The minimum atomic E-state index is -0.0000207. The van der Waals surface area contributed by atoms with Crippen molar-refractivity contribution < 1.29 is 4.74 Å². The Morgan fingerprint density at radius 2 is 2.07 bits per heavy atom. The summed E-state index contributed by atoms with van der Waals surface area (Å²) in [4.78, 5) is 12.3. The van der Waals surface area contributed by atoms with Gasteiger partial charge in [-0.05, 0) is 56.7 Å². The van der Waals surface area contributed by atoms with E-state index in [2.05, 4.69) is 48.3 Å². The Bertz CT molecular complexity index is 879. The van der Waals surface area contributed by atoms with E-state index in [-0.39, 0.29) is 5.41 Å². The zero-order valence-corrected chi connectivity index (χ0v) is 17.0. The molecule has 1 spiro atoms. The van der Waals surface area contributed by atoms with Crippen molar-refractivity contribution >= 4 is 5.95 Å². The summed E-state index contributed by atoms with van der Waals surface area (Å²) in [6.45, 7) is 9.81. The summed E-state index contributed by atoms with van der Waals surface area (Å²) in [6.07, 6.45) is 3.77. The largest absolute Gasteiger partial charge is 0.376 e. The van der Waals surface area contributed by atoms with Gasteiger partial charge in [-0.15, -0.1) is 0 Å². The maximum absolute atomic E-state index is 6.06. The van der Waals surface area contributed by atoms with Crippen molar-refractivity contribution in [2.75, 3.05) is 31.6 Å². The van der Waals surface area contributed by atoms with Gasteiger partial charge in [0, 0.05) is 30.9 Å². The Kier molecular flexibility index (Phi) is 4.60. The summed E-state index contributed by atoms with van der Waals surface area (Å²) < 4.78 is 6.06. The Balaban J connectivity index is 1.39. The van der Waals surface area contributed by atoms with Crippen LogP contribution in [0.5, 0.6) is 0 Å². The molecule has 148 valence electrons. The summed E-state index contributed by atoms with van der Waals surface area (Å²) in [5, 5.41) is 3.49. The van der Waals surface area contributed by atoms with Crippen molar-refractivity contribution in [2.45, 2.75) is 51.7 Å². The quantitative estimate of drug-likeness (QED) is 0.862. The lowest BCUT2D eigenvalue weighted by atomic mass is 9.80. The summed E-state index contributed by atoms with van der Waals surface area (Å²) in [5.41, 5.74) is 6.30. The lowest BCUT2D eigenvalue weighted by Crippen LogP contribution is -2.41. The maximum atomic E-state index is 6.06. The fraction of sp³-hybridized carbons (Fsp3) is 0.565. The standard InChI is InChI=1S/C23H30N4O/c1-16-5-3-4-6-19(16)12-27-10-9-23(14-27)15-28-13-20-17(2)25-22(26-21(20)23)24-11-18-7-8-18/h3-6,18H,7-15H2,1-2H3,(H,24,25,26)/t23-/m0/s1. The highest BCUT2D eigenvalue weighted by molar-refractivity contribution is 5.40. The van der Waals surface area contributed by atoms with E-state index in [1.165, 1.54) is 35.2 Å². The lowest BCUT2D eigenvalue weighted by molar-refractivity contribution is 0.0498. The van der Waals surface area contributed by atoms with E-state index in [0.717, 1.165) is 56.8 Å². The van der Waals surface area contributed by atoms with Gasteiger partial charge in [-0.25, -0.2) is 9.97 Å². The minimum absolute atomic E-state index is 0.0000207. The van der Waals surface area contributed by atoms with E-state index in [1.54, 1.807) is 0 Å². The molecule has 28 heavy (non-hydrogen) atoms. The zero-order chi connectivity index (χ0) is 19.1. The first-order valence-electron chi connectivity index (χ1n) is 10.6. The van der Waals surface area contributed by atoms with Crippen LogP contribution in [0.15, 0.2) is 24.3 Å². The normalized spacial score (nSPS) is 24.5. The Morgan fingerprint density at radius 3 is 2.89 bits per heavy atom. The van der Waals surface area contributed by atoms with Crippen molar-refractivity contribution in [3.63, 3.8) is 0 Å². The van der Waals surface area contributed by atoms with Crippen LogP contribution >= 0.6 is 0 Å². The second-order valence-corrected chi connectivity index (χ2v) is 8.94. The Hall–Kier alpha value is -1.98. The third-order valence-corrected chi connectivity index (χ3v) is 6.67. The minimum Gasteiger partial charge on any atom is -0.376 e. The number of benzene rings is 1. The highest BCUT2D eigenvalue weighted by atomic mass is 16.5. The SMILES string of the molecule is Cc1ccccc1CN1CC[C@@]2(COCc3c(C)nc(NCC4CC4)nc32)C1. The number of nitrogens with one attached hydrogen (secondary N) is 1. The number of nitrogens with zero attached hydrogens (tertiary/aromatic N) is 3. The van der Waals surface area contributed by atoms with Crippen molar-refractivity contribution in [3.8, 4) is 0 Å². The molecule has 0 radical (unpaired) electrons. The first kappa shape index (κ1) is 18.1. The number of hydrogen-bond acceptors (Lipinski definition) is 5. The molecule has 0 bridgehead atoms. The van der Waals surface area contributed by atoms with Crippen LogP contribution in [-0.4, -0.2) is 41.1 Å². The number of aromatic nitrogens is 2. The van der Waals surface area contributed by atoms with Crippen LogP contribution in [0.2, 0.25) is 0 Å². The Labute approximate surface area is 167 Å². The van der Waals surface area contributed by atoms with Gasteiger partial charge >= 0.3 is 0 Å². The van der Waals surface area contributed by atoms with Gasteiger partial charge in [0.05, 0.1) is 24.3 Å². The molecule has 3 heterocycles. The van der Waals surface area contributed by atoms with Gasteiger partial charge in [0.1, 0.15) is 0 Å². The van der Waals surface area contributed by atoms with E-state index in [0.29, 0.717) is 6.61 Å². The summed E-state index contributed by atoms with van der Waals surface area (Å²) in [6, 6.07) is 8.71. The average Bonchev–Trinajstić information content (AvgIpc) is 3.44. The van der Waals surface area contributed by atoms with Crippen LogP contribution in [0.4, 0.5) is 5.95 Å². The lowest BCUT2D eigenvalue weighted by Gasteiger charge is -2.35. The molecule has 1 N–H and O–H groups in total. The van der Waals surface area contributed by atoms with Crippen LogP contribution in [0.25, 0.3) is 0 Å². The van der Waals surface area contributed by atoms with Crippen molar-refractivity contribution in [1.29, 1.82) is 0 Å². The van der Waals surface area contributed by atoms with Gasteiger partial charge < -0.3 is 10.1 Å². The Morgan fingerprint density at radius 1 is 1.21 bits per heavy atom. The third kappa shape index (κ3) is 3.42. The second kappa shape index (κ2) is 7.12. The van der Waals surface area contributed by atoms with Gasteiger partial charge in [-0.1, -0.05) is 24.3 Å². The molecular formula is C23H30N4O. The molecule has 1 atom stereocenters. The van der Waals surface area contributed by atoms with E-state index in [4.69, 9.17) is 14.7 Å². The smallest absolute Gasteiger partial charge is 0.223 e. The first-order valence-corrected chi connectivity index (χ1v) is 10.6. The van der Waals surface area contributed by atoms with E-state index >= 15 is 0 Å². The third-order valence-electron chi connectivity index (χ3n) is 6.67. The molecule has 1 saturated carbocycles. The van der Waals surface area contributed by atoms with Crippen molar-refractivity contribution in [1.82, 2.24) is 14.9 Å². The van der Waals surface area contributed by atoms with E-state index in [1.807, 2.05) is 0 Å². The number of hydrogen-bond donors (Lipinski definition) is 1. The van der Waals surface area contributed by atoms with Crippen LogP contribution in [0, 0.1) is 19.8 Å². The molecule has 5 heteroatoms. The van der Waals surface area contributed by atoms with Crippen LogP contribution in [-0.2, 0) is 23.3 Å². The van der Waals surface area contributed by atoms with E-state index < -0.39 is 0 Å². The van der Waals surface area contributed by atoms with Gasteiger partial charge in [-0.2, -0.15) is 0 Å². The topological polar surface area (TPSA) is 50.3 Å². The van der Waals surface area contributed by atoms with Crippen molar-refractivity contribution in [3.05, 3.63) is 52.3 Å². The van der Waals surface area contributed by atoms with Gasteiger partial charge in [0.25, 0.3) is 0 Å². The zero-order valence-electron chi connectivity index (χ0n) is 17.0. The molecule has 5 rings (SSSR count). The fourth-order valence-corrected chi connectivity index (χ4v) is 4.69. The molecule has 0 amide bonds. The summed E-state index contributed by atoms with van der Waals surface area (Å²) >= 11 is 0. The molecule has 3 aliphatic rings. The number of likely N-dealkylation sites (tertiary alicyclic amines) is 1. The molecular weight excluding hydrogens is 348 g/mol. The highest BCUT2D eigenvalue weighted by Gasteiger charge is 2.45. The molecule has 1 aromatic heterocycles. The number of aryl methyl sites for hydroxylation is 2. The predicted octanol–water partition coefficient (Wildman–Crippen LogP) is 3.59. The molecule has 1 aromatic carbocycles. The number of ether oxygens (including phenoxy) is 1. The summed E-state index contributed by atoms with van der Waals surface area (Å²) in [7, 11) is 0. The van der Waals surface area contributed by atoms with Gasteiger partial charge in [0.2, 0.25) is 5.95 Å². The molecule has 2 aliphatic heterocycles. The molecule has 1 saturated heterocycles. The molecule has 1 aliphatic carbocycles. The summed E-state index contributed by atoms with van der Waals surface area (Å²) in [5.74, 6) is 1.62. The predicted molar refractivity (Wildman–Crippen MR) is 110 cm³/mol. The van der Waals surface area contributed by atoms with Crippen LogP contribution < -0.4 is 5.32 Å². The van der Waals surface area contributed by atoms with E-state index in [9.17, 15) is 0 Å². The van der Waals surface area contributed by atoms with Crippen molar-refractivity contribution in [2.24, 2.45) is 5.92 Å². The van der Waals surface area contributed by atoms with Gasteiger partial charge in [0.15, 0.2) is 0 Å². The second-order valence-electron chi connectivity index (χ2n) is 8.94.